The smallest absolute Gasteiger partial charge is 0.122 e. The van der Waals surface area contributed by atoms with Crippen molar-refractivity contribution in [3.63, 3.8) is 0 Å². The Balaban J connectivity index is 1.58. The van der Waals surface area contributed by atoms with Crippen LogP contribution >= 0.6 is 0 Å². The Morgan fingerprint density at radius 2 is 2.10 bits per heavy atom. The van der Waals surface area contributed by atoms with E-state index in [1.54, 1.807) is 0 Å². The zero-order valence-electron chi connectivity index (χ0n) is 11.4. The lowest BCUT2D eigenvalue weighted by atomic mass is 10.0. The van der Waals surface area contributed by atoms with Crippen LogP contribution in [-0.4, -0.2) is 17.6 Å². The van der Waals surface area contributed by atoms with Crippen molar-refractivity contribution in [2.24, 2.45) is 0 Å². The lowest BCUT2D eigenvalue weighted by Gasteiger charge is -2.07. The van der Waals surface area contributed by atoms with Gasteiger partial charge in [0.1, 0.15) is 5.75 Å². The summed E-state index contributed by atoms with van der Waals surface area (Å²) in [5, 5.41) is 3.53. The van der Waals surface area contributed by atoms with Crippen molar-refractivity contribution < 1.29 is 4.74 Å². The van der Waals surface area contributed by atoms with Gasteiger partial charge in [-0.05, 0) is 47.7 Å². The van der Waals surface area contributed by atoms with Gasteiger partial charge >= 0.3 is 0 Å². The van der Waals surface area contributed by atoms with Crippen LogP contribution in [0.15, 0.2) is 36.7 Å². The monoisotopic (exact) mass is 266 g/mol. The van der Waals surface area contributed by atoms with Crippen molar-refractivity contribution in [3.8, 4) is 16.9 Å². The number of hydrogen-bond donors (Lipinski definition) is 1. The number of nitrogens with one attached hydrogen (secondary N) is 1. The van der Waals surface area contributed by atoms with E-state index in [0.29, 0.717) is 0 Å². The molecular formula is C17H18N2O. The third-order valence-electron chi connectivity index (χ3n) is 3.99. The molecule has 1 aromatic heterocycles. The summed E-state index contributed by atoms with van der Waals surface area (Å²) in [6.07, 6.45) is 7.54. The van der Waals surface area contributed by atoms with Gasteiger partial charge in [-0.2, -0.15) is 0 Å². The van der Waals surface area contributed by atoms with E-state index in [-0.39, 0.29) is 0 Å². The van der Waals surface area contributed by atoms with Crippen LogP contribution in [-0.2, 0) is 13.0 Å². The van der Waals surface area contributed by atoms with Crippen LogP contribution in [0.2, 0.25) is 0 Å². The molecule has 1 N–H and O–H groups in total. The quantitative estimate of drug-likeness (QED) is 0.924. The van der Waals surface area contributed by atoms with Gasteiger partial charge in [-0.15, -0.1) is 0 Å². The third kappa shape index (κ3) is 2.41. The molecule has 4 rings (SSSR count). The third-order valence-corrected chi connectivity index (χ3v) is 3.99. The van der Waals surface area contributed by atoms with E-state index in [1.165, 1.54) is 35.1 Å². The highest BCUT2D eigenvalue weighted by Crippen LogP contribution is 2.30. The first-order valence-electron chi connectivity index (χ1n) is 7.32. The van der Waals surface area contributed by atoms with E-state index in [4.69, 9.17) is 4.74 Å². The summed E-state index contributed by atoms with van der Waals surface area (Å²) in [5.74, 6) is 1.04. The predicted octanol–water partition coefficient (Wildman–Crippen LogP) is 2.94. The van der Waals surface area contributed by atoms with Gasteiger partial charge in [-0.25, -0.2) is 0 Å². The molecule has 1 saturated carbocycles. The maximum absolute atomic E-state index is 5.56. The van der Waals surface area contributed by atoms with E-state index >= 15 is 0 Å². The van der Waals surface area contributed by atoms with Crippen LogP contribution in [0, 0.1) is 0 Å². The number of aromatic nitrogens is 1. The van der Waals surface area contributed by atoms with Gasteiger partial charge in [-0.3, -0.25) is 4.98 Å². The zero-order valence-corrected chi connectivity index (χ0v) is 11.4. The minimum absolute atomic E-state index is 0.732. The maximum atomic E-state index is 5.56. The average Bonchev–Trinajstić information content (AvgIpc) is 3.20. The van der Waals surface area contributed by atoms with Crippen LogP contribution < -0.4 is 10.1 Å². The molecular weight excluding hydrogens is 248 g/mol. The number of fused-ring (bicyclic) bond motifs is 1. The summed E-state index contributed by atoms with van der Waals surface area (Å²) in [5.41, 5.74) is 4.99. The maximum Gasteiger partial charge on any atom is 0.122 e. The second kappa shape index (κ2) is 4.91. The van der Waals surface area contributed by atoms with E-state index in [2.05, 4.69) is 34.6 Å². The molecule has 20 heavy (non-hydrogen) atoms. The fraction of sp³-hybridized carbons (Fsp3) is 0.353. The SMILES string of the molecule is c1ncc(-c2ccc3c(c2)CCO3)cc1CNC1CC1. The number of benzene rings is 1. The van der Waals surface area contributed by atoms with Crippen LogP contribution in [0.25, 0.3) is 11.1 Å². The number of rotatable bonds is 4. The highest BCUT2D eigenvalue weighted by atomic mass is 16.5. The summed E-state index contributed by atoms with van der Waals surface area (Å²) in [6.45, 7) is 1.72. The first kappa shape index (κ1) is 11.9. The summed E-state index contributed by atoms with van der Waals surface area (Å²) in [4.78, 5) is 4.38. The lowest BCUT2D eigenvalue weighted by Crippen LogP contribution is -2.15. The molecule has 1 aliphatic carbocycles. The Bertz CT molecular complexity index is 635. The molecule has 2 heterocycles. The Hall–Kier alpha value is -1.87. The Labute approximate surface area is 119 Å². The van der Waals surface area contributed by atoms with E-state index in [9.17, 15) is 0 Å². The second-order valence-electron chi connectivity index (χ2n) is 5.66. The molecule has 0 bridgehead atoms. The van der Waals surface area contributed by atoms with Crippen molar-refractivity contribution >= 4 is 0 Å². The molecule has 3 heteroatoms. The molecule has 2 aromatic rings. The summed E-state index contributed by atoms with van der Waals surface area (Å²) >= 11 is 0. The largest absolute Gasteiger partial charge is 0.493 e. The van der Waals surface area contributed by atoms with Crippen molar-refractivity contribution in [3.05, 3.63) is 47.8 Å². The molecule has 0 amide bonds. The lowest BCUT2D eigenvalue weighted by molar-refractivity contribution is 0.357. The van der Waals surface area contributed by atoms with Crippen molar-refractivity contribution in [1.29, 1.82) is 0 Å². The molecule has 0 spiro atoms. The minimum atomic E-state index is 0.732. The Morgan fingerprint density at radius 3 is 3.00 bits per heavy atom. The highest BCUT2D eigenvalue weighted by Gasteiger charge is 2.20. The van der Waals surface area contributed by atoms with Crippen LogP contribution in [0.4, 0.5) is 0 Å². The first-order chi connectivity index (χ1) is 9.88. The number of hydrogen-bond acceptors (Lipinski definition) is 3. The molecule has 0 saturated heterocycles. The normalized spacial score (nSPS) is 16.8. The van der Waals surface area contributed by atoms with Crippen LogP contribution in [0.1, 0.15) is 24.0 Å². The summed E-state index contributed by atoms with van der Waals surface area (Å²) in [6, 6.07) is 9.40. The molecule has 0 unspecified atom stereocenters. The van der Waals surface area contributed by atoms with E-state index in [0.717, 1.165) is 31.4 Å². The van der Waals surface area contributed by atoms with Gasteiger partial charge in [0, 0.05) is 37.0 Å². The summed E-state index contributed by atoms with van der Waals surface area (Å²) < 4.78 is 5.56. The molecule has 1 aliphatic heterocycles. The summed E-state index contributed by atoms with van der Waals surface area (Å²) in [7, 11) is 0. The van der Waals surface area contributed by atoms with Gasteiger partial charge in [0.2, 0.25) is 0 Å². The fourth-order valence-corrected chi connectivity index (χ4v) is 2.66. The van der Waals surface area contributed by atoms with Gasteiger partial charge in [-0.1, -0.05) is 6.07 Å². The molecule has 3 nitrogen and oxygen atoms in total. The standard InChI is InChI=1S/C17H18N2O/c1-4-17-14(5-6-20-17)8-13(1)15-7-12(9-18-11-15)10-19-16-2-3-16/h1,4,7-9,11,16,19H,2-3,5-6,10H2. The number of pyridine rings is 1. The molecule has 1 fully saturated rings. The topological polar surface area (TPSA) is 34.1 Å². The van der Waals surface area contributed by atoms with Gasteiger partial charge in [0.25, 0.3) is 0 Å². The van der Waals surface area contributed by atoms with E-state index < -0.39 is 0 Å². The van der Waals surface area contributed by atoms with Crippen molar-refractivity contribution in [2.45, 2.75) is 31.8 Å². The van der Waals surface area contributed by atoms with Crippen LogP contribution in [0.3, 0.4) is 0 Å². The van der Waals surface area contributed by atoms with Gasteiger partial charge < -0.3 is 10.1 Å². The van der Waals surface area contributed by atoms with Crippen LogP contribution in [0.5, 0.6) is 5.75 Å². The number of ether oxygens (including phenoxy) is 1. The zero-order chi connectivity index (χ0) is 13.4. The molecule has 0 atom stereocenters. The predicted molar refractivity (Wildman–Crippen MR) is 78.7 cm³/mol. The first-order valence-corrected chi connectivity index (χ1v) is 7.32. The Kier molecular flexibility index (Phi) is 2.92. The highest BCUT2D eigenvalue weighted by molar-refractivity contribution is 5.65. The fourth-order valence-electron chi connectivity index (χ4n) is 2.66. The Morgan fingerprint density at radius 1 is 1.15 bits per heavy atom. The van der Waals surface area contributed by atoms with Gasteiger partial charge in [0.15, 0.2) is 0 Å². The van der Waals surface area contributed by atoms with Crippen molar-refractivity contribution in [2.75, 3.05) is 6.61 Å². The van der Waals surface area contributed by atoms with Gasteiger partial charge in [0.05, 0.1) is 6.61 Å². The number of nitrogens with zero attached hydrogens (tertiary/aromatic N) is 1. The molecule has 102 valence electrons. The van der Waals surface area contributed by atoms with E-state index in [1.807, 2.05) is 12.4 Å². The minimum Gasteiger partial charge on any atom is -0.493 e. The van der Waals surface area contributed by atoms with Crippen molar-refractivity contribution in [1.82, 2.24) is 10.3 Å². The second-order valence-corrected chi connectivity index (χ2v) is 5.66. The molecule has 2 aliphatic rings. The molecule has 0 radical (unpaired) electrons. The molecule has 1 aromatic carbocycles. The average molecular weight is 266 g/mol.